The molecule has 0 aromatic carbocycles. The Labute approximate surface area is 127 Å². The molecule has 0 N–H and O–H groups in total. The van der Waals surface area contributed by atoms with Crippen molar-refractivity contribution in [1.29, 1.82) is 0 Å². The van der Waals surface area contributed by atoms with Gasteiger partial charge in [-0.1, -0.05) is 6.07 Å². The Balaban J connectivity index is 2.03. The van der Waals surface area contributed by atoms with Crippen LogP contribution in [0.15, 0.2) is 33.1 Å². The summed E-state index contributed by atoms with van der Waals surface area (Å²) in [5.41, 5.74) is 1.66. The Kier molecular flexibility index (Phi) is 3.41. The van der Waals surface area contributed by atoms with E-state index in [4.69, 9.17) is 4.42 Å². The fourth-order valence-electron chi connectivity index (χ4n) is 2.55. The average Bonchev–Trinajstić information content (AvgIpc) is 3.06. The van der Waals surface area contributed by atoms with E-state index < -0.39 is 10.0 Å². The van der Waals surface area contributed by atoms with E-state index >= 15 is 0 Å². The zero-order valence-corrected chi connectivity index (χ0v) is 13.7. The van der Waals surface area contributed by atoms with Gasteiger partial charge in [-0.15, -0.1) is 11.3 Å². The van der Waals surface area contributed by atoms with E-state index in [1.807, 2.05) is 37.4 Å². The second-order valence-electron chi connectivity index (χ2n) is 5.19. The van der Waals surface area contributed by atoms with Crippen LogP contribution in [0.3, 0.4) is 0 Å². The Morgan fingerprint density at radius 3 is 2.71 bits per heavy atom. The molecule has 112 valence electrons. The Hall–Kier alpha value is -1.60. The zero-order valence-electron chi connectivity index (χ0n) is 12.0. The zero-order chi connectivity index (χ0) is 15.2. The van der Waals surface area contributed by atoms with Gasteiger partial charge in [0.1, 0.15) is 17.5 Å². The molecule has 3 rings (SSSR count). The molecule has 0 spiro atoms. The summed E-state index contributed by atoms with van der Waals surface area (Å²) in [6, 6.07) is 5.51. The second kappa shape index (κ2) is 4.99. The van der Waals surface area contributed by atoms with Crippen LogP contribution in [-0.2, 0) is 10.0 Å². The van der Waals surface area contributed by atoms with Gasteiger partial charge in [0.15, 0.2) is 5.76 Å². The molecular weight excluding hydrogens is 308 g/mol. The topological polar surface area (TPSA) is 62.9 Å². The monoisotopic (exact) mass is 324 g/mol. The molecule has 0 fully saturated rings. The fourth-order valence-corrected chi connectivity index (χ4v) is 4.33. The predicted octanol–water partition coefficient (Wildman–Crippen LogP) is 3.07. The van der Waals surface area contributed by atoms with Crippen LogP contribution in [0.2, 0.25) is 0 Å². The average molecular weight is 324 g/mol. The summed E-state index contributed by atoms with van der Waals surface area (Å²) in [5.74, 6) is 1.48. The SMILES string of the molecule is Cc1cc(C)c(C2=NN(S(C)(=O)=O)C(c3cccs3)C2)o1. The molecule has 1 aliphatic heterocycles. The Bertz CT molecular complexity index is 788. The van der Waals surface area contributed by atoms with Crippen molar-refractivity contribution < 1.29 is 12.8 Å². The third-order valence-electron chi connectivity index (χ3n) is 3.39. The molecule has 5 nitrogen and oxygen atoms in total. The van der Waals surface area contributed by atoms with E-state index in [9.17, 15) is 8.42 Å². The summed E-state index contributed by atoms with van der Waals surface area (Å²) in [4.78, 5) is 0.986. The van der Waals surface area contributed by atoms with Gasteiger partial charge in [-0.3, -0.25) is 0 Å². The van der Waals surface area contributed by atoms with E-state index in [0.29, 0.717) is 17.9 Å². The van der Waals surface area contributed by atoms with Gasteiger partial charge in [0.05, 0.1) is 6.26 Å². The van der Waals surface area contributed by atoms with E-state index in [-0.39, 0.29) is 6.04 Å². The van der Waals surface area contributed by atoms with E-state index in [1.54, 1.807) is 0 Å². The molecule has 0 saturated heterocycles. The first-order valence-electron chi connectivity index (χ1n) is 6.54. The molecule has 0 bridgehead atoms. The van der Waals surface area contributed by atoms with Crippen molar-refractivity contribution in [1.82, 2.24) is 4.41 Å². The molecule has 0 aliphatic carbocycles. The highest BCUT2D eigenvalue weighted by atomic mass is 32.2. The number of hydrogen-bond donors (Lipinski definition) is 0. The first kappa shape index (κ1) is 14.3. The van der Waals surface area contributed by atoms with Crippen LogP contribution in [-0.4, -0.2) is 24.8 Å². The minimum atomic E-state index is -3.41. The molecule has 0 radical (unpaired) electrons. The van der Waals surface area contributed by atoms with Gasteiger partial charge in [-0.25, -0.2) is 8.42 Å². The maximum atomic E-state index is 12.0. The smallest absolute Gasteiger partial charge is 0.247 e. The number of hydrogen-bond acceptors (Lipinski definition) is 5. The van der Waals surface area contributed by atoms with Gasteiger partial charge in [0.25, 0.3) is 0 Å². The van der Waals surface area contributed by atoms with Crippen LogP contribution < -0.4 is 0 Å². The minimum absolute atomic E-state index is 0.278. The number of thiophene rings is 1. The van der Waals surface area contributed by atoms with Gasteiger partial charge in [-0.2, -0.15) is 9.52 Å². The summed E-state index contributed by atoms with van der Waals surface area (Å²) in [6.45, 7) is 3.81. The number of aryl methyl sites for hydroxylation is 2. The molecule has 0 saturated carbocycles. The lowest BCUT2D eigenvalue weighted by molar-refractivity contribution is 0.379. The third-order valence-corrected chi connectivity index (χ3v) is 5.38. The Morgan fingerprint density at radius 1 is 1.43 bits per heavy atom. The van der Waals surface area contributed by atoms with Crippen molar-refractivity contribution in [3.8, 4) is 0 Å². The van der Waals surface area contributed by atoms with Crippen molar-refractivity contribution in [2.45, 2.75) is 26.3 Å². The number of hydrazone groups is 1. The van der Waals surface area contributed by atoms with Crippen molar-refractivity contribution in [3.05, 3.63) is 45.5 Å². The molecule has 3 heterocycles. The molecule has 7 heteroatoms. The van der Waals surface area contributed by atoms with Crippen molar-refractivity contribution in [2.75, 3.05) is 6.26 Å². The van der Waals surface area contributed by atoms with Gasteiger partial charge in [0.2, 0.25) is 10.0 Å². The standard InChI is InChI=1S/C14H16N2O3S2/c1-9-7-10(2)19-14(9)11-8-12(13-5-4-6-20-13)16(15-11)21(3,17)18/h4-7,12H,8H2,1-3H3. The van der Waals surface area contributed by atoms with Crippen molar-refractivity contribution in [3.63, 3.8) is 0 Å². The highest BCUT2D eigenvalue weighted by Crippen LogP contribution is 2.37. The van der Waals surface area contributed by atoms with Gasteiger partial charge in [-0.05, 0) is 36.9 Å². The second-order valence-corrected chi connectivity index (χ2v) is 8.01. The fraction of sp³-hybridized carbons (Fsp3) is 0.357. The van der Waals surface area contributed by atoms with Crippen LogP contribution in [0, 0.1) is 13.8 Å². The summed E-state index contributed by atoms with van der Waals surface area (Å²) in [5, 5.41) is 6.26. The van der Waals surface area contributed by atoms with E-state index in [0.717, 1.165) is 16.2 Å². The molecule has 1 unspecified atom stereocenters. The quantitative estimate of drug-likeness (QED) is 0.871. The van der Waals surface area contributed by atoms with Crippen LogP contribution in [0.25, 0.3) is 0 Å². The van der Waals surface area contributed by atoms with Crippen LogP contribution in [0.1, 0.15) is 34.4 Å². The van der Waals surface area contributed by atoms with Gasteiger partial charge >= 0.3 is 0 Å². The third kappa shape index (κ3) is 2.63. The summed E-state index contributed by atoms with van der Waals surface area (Å²) < 4.78 is 30.9. The molecule has 2 aromatic heterocycles. The Morgan fingerprint density at radius 2 is 2.19 bits per heavy atom. The largest absolute Gasteiger partial charge is 0.460 e. The van der Waals surface area contributed by atoms with Gasteiger partial charge in [0, 0.05) is 11.3 Å². The lowest BCUT2D eigenvalue weighted by atomic mass is 10.1. The highest BCUT2D eigenvalue weighted by molar-refractivity contribution is 7.88. The lowest BCUT2D eigenvalue weighted by Crippen LogP contribution is -2.25. The minimum Gasteiger partial charge on any atom is -0.460 e. The molecule has 1 atom stereocenters. The lowest BCUT2D eigenvalue weighted by Gasteiger charge is -2.19. The van der Waals surface area contributed by atoms with Crippen LogP contribution in [0.5, 0.6) is 0 Å². The maximum Gasteiger partial charge on any atom is 0.247 e. The number of sulfonamides is 1. The predicted molar refractivity (Wildman–Crippen MR) is 83.1 cm³/mol. The summed E-state index contributed by atoms with van der Waals surface area (Å²) >= 11 is 1.54. The molecule has 1 aliphatic rings. The summed E-state index contributed by atoms with van der Waals surface area (Å²) in [7, 11) is -3.41. The summed E-state index contributed by atoms with van der Waals surface area (Å²) in [6.07, 6.45) is 1.71. The number of nitrogens with zero attached hydrogens (tertiary/aromatic N) is 2. The number of rotatable bonds is 3. The molecule has 2 aromatic rings. The molecular formula is C14H16N2O3S2. The first-order valence-corrected chi connectivity index (χ1v) is 9.27. The number of furan rings is 1. The molecule has 21 heavy (non-hydrogen) atoms. The van der Waals surface area contributed by atoms with E-state index in [1.165, 1.54) is 22.0 Å². The maximum absolute atomic E-state index is 12.0. The highest BCUT2D eigenvalue weighted by Gasteiger charge is 2.36. The van der Waals surface area contributed by atoms with Crippen LogP contribution >= 0.6 is 11.3 Å². The van der Waals surface area contributed by atoms with E-state index in [2.05, 4.69) is 5.10 Å². The normalized spacial score (nSPS) is 19.1. The van der Waals surface area contributed by atoms with Crippen LogP contribution in [0.4, 0.5) is 0 Å². The molecule has 0 amide bonds. The van der Waals surface area contributed by atoms with Crippen molar-refractivity contribution >= 4 is 27.1 Å². The first-order chi connectivity index (χ1) is 9.86. The van der Waals surface area contributed by atoms with Crippen molar-refractivity contribution in [2.24, 2.45) is 5.10 Å². The van der Waals surface area contributed by atoms with Gasteiger partial charge < -0.3 is 4.42 Å².